The lowest BCUT2D eigenvalue weighted by molar-refractivity contribution is 0.110. The average Bonchev–Trinajstić information content (AvgIpc) is 2.53. The molecule has 0 aliphatic carbocycles. The molecule has 1 atom stereocenters. The molecule has 2 heterocycles. The summed E-state index contributed by atoms with van der Waals surface area (Å²) in [6.07, 6.45) is 1.60. The molecule has 0 amide bonds. The molecule has 1 fully saturated rings. The second-order valence-electron chi connectivity index (χ2n) is 5.24. The SMILES string of the molecule is CCN1CCN(C(C)CNc2ccc(C#N)cn2)CC1. The number of rotatable bonds is 5. The number of hydrogen-bond acceptors (Lipinski definition) is 5. The molecular weight excluding hydrogens is 250 g/mol. The first kappa shape index (κ1) is 14.8. The standard InChI is InChI=1S/C15H23N5/c1-3-19-6-8-20(9-7-19)13(2)11-17-15-5-4-14(10-16)12-18-15/h4-5,12-13H,3,6-9,11H2,1-2H3,(H,17,18). The van der Waals surface area contributed by atoms with Gasteiger partial charge in [0, 0.05) is 45.0 Å². The number of nitriles is 1. The molecule has 1 aromatic heterocycles. The molecule has 1 unspecified atom stereocenters. The first-order chi connectivity index (χ1) is 9.72. The van der Waals surface area contributed by atoms with Gasteiger partial charge < -0.3 is 10.2 Å². The summed E-state index contributed by atoms with van der Waals surface area (Å²) in [5, 5.41) is 12.1. The fourth-order valence-electron chi connectivity index (χ4n) is 2.47. The van der Waals surface area contributed by atoms with Crippen LogP contribution in [0.25, 0.3) is 0 Å². The molecule has 0 saturated carbocycles. The van der Waals surface area contributed by atoms with Crippen molar-refractivity contribution in [1.29, 1.82) is 5.26 Å². The topological polar surface area (TPSA) is 55.2 Å². The number of anilines is 1. The highest BCUT2D eigenvalue weighted by molar-refractivity contribution is 5.38. The van der Waals surface area contributed by atoms with E-state index in [0.717, 1.165) is 45.1 Å². The molecule has 20 heavy (non-hydrogen) atoms. The van der Waals surface area contributed by atoms with E-state index < -0.39 is 0 Å². The van der Waals surface area contributed by atoms with E-state index in [1.807, 2.05) is 6.07 Å². The summed E-state index contributed by atoms with van der Waals surface area (Å²) < 4.78 is 0. The molecule has 0 aromatic carbocycles. The lowest BCUT2D eigenvalue weighted by Crippen LogP contribution is -2.51. The Bertz CT molecular complexity index is 442. The van der Waals surface area contributed by atoms with Gasteiger partial charge in [-0.2, -0.15) is 5.26 Å². The zero-order valence-electron chi connectivity index (χ0n) is 12.3. The highest BCUT2D eigenvalue weighted by Crippen LogP contribution is 2.08. The van der Waals surface area contributed by atoms with E-state index >= 15 is 0 Å². The van der Waals surface area contributed by atoms with E-state index in [0.29, 0.717) is 11.6 Å². The minimum Gasteiger partial charge on any atom is -0.369 e. The van der Waals surface area contributed by atoms with E-state index in [4.69, 9.17) is 5.26 Å². The number of piperazine rings is 1. The van der Waals surface area contributed by atoms with Crippen molar-refractivity contribution in [3.8, 4) is 6.07 Å². The normalized spacial score (nSPS) is 18.4. The number of aromatic nitrogens is 1. The zero-order chi connectivity index (χ0) is 14.4. The second-order valence-corrected chi connectivity index (χ2v) is 5.24. The predicted octanol–water partition coefficient (Wildman–Crippen LogP) is 1.39. The first-order valence-electron chi connectivity index (χ1n) is 7.29. The van der Waals surface area contributed by atoms with Crippen LogP contribution in [0.2, 0.25) is 0 Å². The second kappa shape index (κ2) is 7.22. The van der Waals surface area contributed by atoms with Gasteiger partial charge >= 0.3 is 0 Å². The van der Waals surface area contributed by atoms with Crippen LogP contribution in [0.1, 0.15) is 19.4 Å². The van der Waals surface area contributed by atoms with Crippen LogP contribution in [0.4, 0.5) is 5.82 Å². The molecule has 5 nitrogen and oxygen atoms in total. The summed E-state index contributed by atoms with van der Waals surface area (Å²) in [5.74, 6) is 0.836. The Morgan fingerprint density at radius 2 is 2.10 bits per heavy atom. The third-order valence-corrected chi connectivity index (χ3v) is 3.95. The van der Waals surface area contributed by atoms with Crippen LogP contribution in [0.3, 0.4) is 0 Å². The van der Waals surface area contributed by atoms with Crippen molar-refractivity contribution in [2.24, 2.45) is 0 Å². The molecule has 1 N–H and O–H groups in total. The molecule has 2 rings (SSSR count). The summed E-state index contributed by atoms with van der Waals surface area (Å²) in [4.78, 5) is 9.23. The molecular formula is C15H23N5. The third-order valence-electron chi connectivity index (χ3n) is 3.95. The van der Waals surface area contributed by atoms with Crippen LogP contribution < -0.4 is 5.32 Å². The largest absolute Gasteiger partial charge is 0.369 e. The van der Waals surface area contributed by atoms with Crippen LogP contribution in [-0.4, -0.2) is 60.1 Å². The molecule has 1 aromatic rings. The van der Waals surface area contributed by atoms with Crippen molar-refractivity contribution in [1.82, 2.24) is 14.8 Å². The highest BCUT2D eigenvalue weighted by atomic mass is 15.3. The van der Waals surface area contributed by atoms with Gasteiger partial charge in [0.25, 0.3) is 0 Å². The maximum absolute atomic E-state index is 8.74. The maximum Gasteiger partial charge on any atom is 0.126 e. The summed E-state index contributed by atoms with van der Waals surface area (Å²) in [6.45, 7) is 11.1. The molecule has 5 heteroatoms. The molecule has 108 valence electrons. The van der Waals surface area contributed by atoms with Crippen molar-refractivity contribution in [3.05, 3.63) is 23.9 Å². The zero-order valence-corrected chi connectivity index (χ0v) is 12.3. The van der Waals surface area contributed by atoms with Crippen molar-refractivity contribution in [2.75, 3.05) is 44.6 Å². The van der Waals surface area contributed by atoms with Crippen LogP contribution >= 0.6 is 0 Å². The number of nitrogens with zero attached hydrogens (tertiary/aromatic N) is 4. The number of hydrogen-bond donors (Lipinski definition) is 1. The van der Waals surface area contributed by atoms with Gasteiger partial charge in [0.1, 0.15) is 11.9 Å². The van der Waals surface area contributed by atoms with E-state index in [2.05, 4.69) is 40.0 Å². The van der Waals surface area contributed by atoms with Gasteiger partial charge in [-0.3, -0.25) is 4.90 Å². The van der Waals surface area contributed by atoms with Crippen LogP contribution in [0.5, 0.6) is 0 Å². The van der Waals surface area contributed by atoms with Crippen LogP contribution in [0.15, 0.2) is 18.3 Å². The number of pyridine rings is 1. The van der Waals surface area contributed by atoms with Gasteiger partial charge in [0.2, 0.25) is 0 Å². The third kappa shape index (κ3) is 3.92. The lowest BCUT2D eigenvalue weighted by Gasteiger charge is -2.37. The van der Waals surface area contributed by atoms with Crippen molar-refractivity contribution < 1.29 is 0 Å². The van der Waals surface area contributed by atoms with Gasteiger partial charge in [-0.25, -0.2) is 4.98 Å². The van der Waals surface area contributed by atoms with Crippen molar-refractivity contribution in [3.63, 3.8) is 0 Å². The Morgan fingerprint density at radius 1 is 1.35 bits per heavy atom. The Morgan fingerprint density at radius 3 is 2.65 bits per heavy atom. The van der Waals surface area contributed by atoms with Crippen molar-refractivity contribution in [2.45, 2.75) is 19.9 Å². The Labute approximate surface area is 121 Å². The van der Waals surface area contributed by atoms with Gasteiger partial charge in [-0.1, -0.05) is 6.92 Å². The summed E-state index contributed by atoms with van der Waals surface area (Å²) in [6, 6.07) is 6.22. The van der Waals surface area contributed by atoms with Crippen LogP contribution in [-0.2, 0) is 0 Å². The Kier molecular flexibility index (Phi) is 5.33. The van der Waals surface area contributed by atoms with E-state index in [1.165, 1.54) is 0 Å². The summed E-state index contributed by atoms with van der Waals surface area (Å²) in [7, 11) is 0. The highest BCUT2D eigenvalue weighted by Gasteiger charge is 2.19. The minimum atomic E-state index is 0.492. The first-order valence-corrected chi connectivity index (χ1v) is 7.29. The van der Waals surface area contributed by atoms with Gasteiger partial charge in [0.05, 0.1) is 5.56 Å². The summed E-state index contributed by atoms with van der Waals surface area (Å²) >= 11 is 0. The smallest absolute Gasteiger partial charge is 0.126 e. The minimum absolute atomic E-state index is 0.492. The molecule has 1 aliphatic rings. The maximum atomic E-state index is 8.74. The van der Waals surface area contributed by atoms with Gasteiger partial charge in [-0.15, -0.1) is 0 Å². The average molecular weight is 273 g/mol. The number of likely N-dealkylation sites (N-methyl/N-ethyl adjacent to an activating group) is 1. The fourth-order valence-corrected chi connectivity index (χ4v) is 2.47. The molecule has 0 bridgehead atoms. The molecule has 0 radical (unpaired) electrons. The summed E-state index contributed by atoms with van der Waals surface area (Å²) in [5.41, 5.74) is 0.597. The lowest BCUT2D eigenvalue weighted by atomic mass is 10.2. The number of nitrogens with one attached hydrogen (secondary N) is 1. The molecule has 0 spiro atoms. The quantitative estimate of drug-likeness (QED) is 0.878. The van der Waals surface area contributed by atoms with E-state index in [1.54, 1.807) is 12.3 Å². The van der Waals surface area contributed by atoms with Crippen LogP contribution in [0, 0.1) is 11.3 Å². The van der Waals surface area contributed by atoms with E-state index in [9.17, 15) is 0 Å². The van der Waals surface area contributed by atoms with E-state index in [-0.39, 0.29) is 0 Å². The monoisotopic (exact) mass is 273 g/mol. The van der Waals surface area contributed by atoms with Gasteiger partial charge in [0.15, 0.2) is 0 Å². The van der Waals surface area contributed by atoms with Crippen molar-refractivity contribution >= 4 is 5.82 Å². The molecule has 1 aliphatic heterocycles. The fraction of sp³-hybridized carbons (Fsp3) is 0.600. The Hall–Kier alpha value is -1.64. The predicted molar refractivity (Wildman–Crippen MR) is 80.6 cm³/mol. The Balaban J connectivity index is 1.77. The molecule has 1 saturated heterocycles. The van der Waals surface area contributed by atoms with Gasteiger partial charge in [-0.05, 0) is 25.6 Å².